The third-order valence-electron chi connectivity index (χ3n) is 2.89. The topological polar surface area (TPSA) is 114 Å². The van der Waals surface area contributed by atoms with E-state index in [1.807, 2.05) is 0 Å². The lowest BCUT2D eigenvalue weighted by Crippen LogP contribution is -2.15. The van der Waals surface area contributed by atoms with Gasteiger partial charge in [-0.3, -0.25) is 4.72 Å². The SMILES string of the molecule is O=C(O)c1c(NS(=O)(=O)c2ccccc2)nn2cccnc12. The second-order valence-corrected chi connectivity index (χ2v) is 6.02. The zero-order chi connectivity index (χ0) is 15.7. The average Bonchev–Trinajstić information content (AvgIpc) is 2.85. The van der Waals surface area contributed by atoms with E-state index in [1.54, 1.807) is 24.3 Å². The van der Waals surface area contributed by atoms with E-state index in [9.17, 15) is 18.3 Å². The Balaban J connectivity index is 2.12. The quantitative estimate of drug-likeness (QED) is 0.748. The minimum absolute atomic E-state index is 0.0105. The van der Waals surface area contributed by atoms with Gasteiger partial charge in [0.05, 0.1) is 4.90 Å². The normalized spacial score (nSPS) is 11.5. The minimum Gasteiger partial charge on any atom is -0.477 e. The molecule has 0 saturated heterocycles. The highest BCUT2D eigenvalue weighted by atomic mass is 32.2. The number of carboxylic acids is 1. The average molecular weight is 318 g/mol. The number of sulfonamides is 1. The number of aromatic carboxylic acids is 1. The molecule has 3 rings (SSSR count). The molecule has 0 aliphatic rings. The molecule has 3 aromatic rings. The fourth-order valence-corrected chi connectivity index (χ4v) is 2.97. The number of carbonyl (C=O) groups is 1. The first-order valence-electron chi connectivity index (χ1n) is 6.13. The molecule has 0 radical (unpaired) electrons. The van der Waals surface area contributed by atoms with Gasteiger partial charge in [0.2, 0.25) is 0 Å². The summed E-state index contributed by atoms with van der Waals surface area (Å²) in [4.78, 5) is 15.3. The van der Waals surface area contributed by atoms with Crippen LogP contribution in [0.15, 0.2) is 53.7 Å². The number of carboxylic acid groups (broad SMARTS) is 1. The fraction of sp³-hybridized carbons (Fsp3) is 0. The number of hydrogen-bond donors (Lipinski definition) is 2. The molecule has 8 nitrogen and oxygen atoms in total. The van der Waals surface area contributed by atoms with E-state index in [1.165, 1.54) is 29.0 Å². The summed E-state index contributed by atoms with van der Waals surface area (Å²) in [5.41, 5.74) is -0.249. The lowest BCUT2D eigenvalue weighted by Gasteiger charge is -2.05. The molecule has 2 aromatic heterocycles. The van der Waals surface area contributed by atoms with Crippen LogP contribution in [0.4, 0.5) is 5.82 Å². The van der Waals surface area contributed by atoms with Crippen molar-refractivity contribution in [1.29, 1.82) is 0 Å². The van der Waals surface area contributed by atoms with Crippen LogP contribution >= 0.6 is 0 Å². The Morgan fingerprint density at radius 3 is 2.59 bits per heavy atom. The van der Waals surface area contributed by atoms with Gasteiger partial charge in [0, 0.05) is 12.4 Å². The molecular formula is C13H10N4O4S. The molecule has 2 N–H and O–H groups in total. The second-order valence-electron chi connectivity index (χ2n) is 4.34. The maximum atomic E-state index is 12.3. The third-order valence-corrected chi connectivity index (χ3v) is 4.25. The zero-order valence-corrected chi connectivity index (χ0v) is 11.9. The highest BCUT2D eigenvalue weighted by Gasteiger charge is 2.24. The van der Waals surface area contributed by atoms with Crippen LogP contribution in [-0.4, -0.2) is 34.1 Å². The highest BCUT2D eigenvalue weighted by Crippen LogP contribution is 2.22. The summed E-state index contributed by atoms with van der Waals surface area (Å²) in [5.74, 6) is -1.60. The van der Waals surface area contributed by atoms with Gasteiger partial charge < -0.3 is 5.11 Å². The highest BCUT2D eigenvalue weighted by molar-refractivity contribution is 7.92. The van der Waals surface area contributed by atoms with Crippen LogP contribution in [-0.2, 0) is 10.0 Å². The first-order chi connectivity index (χ1) is 10.5. The second kappa shape index (κ2) is 5.11. The third kappa shape index (κ3) is 2.37. The summed E-state index contributed by atoms with van der Waals surface area (Å²) in [6, 6.07) is 9.17. The van der Waals surface area contributed by atoms with Gasteiger partial charge in [-0.1, -0.05) is 18.2 Å². The molecule has 2 heterocycles. The molecule has 0 saturated carbocycles. The molecule has 0 aliphatic carbocycles. The van der Waals surface area contributed by atoms with Crippen LogP contribution in [0.3, 0.4) is 0 Å². The van der Waals surface area contributed by atoms with Crippen molar-refractivity contribution in [1.82, 2.24) is 14.6 Å². The van der Waals surface area contributed by atoms with Crippen molar-refractivity contribution in [2.45, 2.75) is 4.90 Å². The molecule has 0 atom stereocenters. The lowest BCUT2D eigenvalue weighted by atomic mass is 10.3. The Bertz CT molecular complexity index is 951. The van der Waals surface area contributed by atoms with Crippen molar-refractivity contribution in [3.63, 3.8) is 0 Å². The summed E-state index contributed by atoms with van der Waals surface area (Å²) in [6.45, 7) is 0. The zero-order valence-electron chi connectivity index (χ0n) is 11.0. The van der Waals surface area contributed by atoms with Crippen molar-refractivity contribution >= 4 is 27.5 Å². The van der Waals surface area contributed by atoms with E-state index < -0.39 is 16.0 Å². The number of fused-ring (bicyclic) bond motifs is 1. The number of benzene rings is 1. The number of nitrogens with one attached hydrogen (secondary N) is 1. The minimum atomic E-state index is -3.93. The molecule has 9 heteroatoms. The van der Waals surface area contributed by atoms with Gasteiger partial charge >= 0.3 is 5.97 Å². The van der Waals surface area contributed by atoms with E-state index in [-0.39, 0.29) is 21.9 Å². The summed E-state index contributed by atoms with van der Waals surface area (Å²) >= 11 is 0. The van der Waals surface area contributed by atoms with Crippen molar-refractivity contribution in [2.75, 3.05) is 4.72 Å². The first kappa shape index (κ1) is 14.0. The summed E-state index contributed by atoms with van der Waals surface area (Å²) in [7, 11) is -3.93. The fourth-order valence-electron chi connectivity index (χ4n) is 1.94. The molecule has 22 heavy (non-hydrogen) atoms. The van der Waals surface area contributed by atoms with Crippen LogP contribution < -0.4 is 4.72 Å². The molecular weight excluding hydrogens is 308 g/mol. The van der Waals surface area contributed by atoms with Gasteiger partial charge in [-0.05, 0) is 18.2 Å². The maximum Gasteiger partial charge on any atom is 0.343 e. The Kier molecular flexibility index (Phi) is 3.26. The van der Waals surface area contributed by atoms with Crippen LogP contribution in [0.25, 0.3) is 5.65 Å². The Labute approximate surface area is 125 Å². The van der Waals surface area contributed by atoms with E-state index in [4.69, 9.17) is 0 Å². The molecule has 0 fully saturated rings. The number of anilines is 1. The smallest absolute Gasteiger partial charge is 0.343 e. The first-order valence-corrected chi connectivity index (χ1v) is 7.62. The Hall–Kier alpha value is -2.94. The van der Waals surface area contributed by atoms with Crippen molar-refractivity contribution in [3.8, 4) is 0 Å². The van der Waals surface area contributed by atoms with Crippen molar-refractivity contribution < 1.29 is 18.3 Å². The van der Waals surface area contributed by atoms with Gasteiger partial charge in [-0.25, -0.2) is 22.7 Å². The van der Waals surface area contributed by atoms with E-state index in [0.29, 0.717) is 0 Å². The lowest BCUT2D eigenvalue weighted by molar-refractivity contribution is 0.0700. The Morgan fingerprint density at radius 2 is 1.91 bits per heavy atom. The van der Waals surface area contributed by atoms with Crippen molar-refractivity contribution in [3.05, 3.63) is 54.4 Å². The van der Waals surface area contributed by atoms with E-state index >= 15 is 0 Å². The van der Waals surface area contributed by atoms with Crippen LogP contribution in [0.1, 0.15) is 10.4 Å². The molecule has 1 aromatic carbocycles. The predicted octanol–water partition coefficient (Wildman–Crippen LogP) is 1.23. The molecule has 0 aliphatic heterocycles. The van der Waals surface area contributed by atoms with Crippen molar-refractivity contribution in [2.24, 2.45) is 0 Å². The molecule has 0 amide bonds. The monoisotopic (exact) mass is 318 g/mol. The van der Waals surface area contributed by atoms with Gasteiger partial charge in [-0.15, -0.1) is 5.10 Å². The van der Waals surface area contributed by atoms with Crippen LogP contribution in [0, 0.1) is 0 Å². The van der Waals surface area contributed by atoms with Crippen LogP contribution in [0.5, 0.6) is 0 Å². The predicted molar refractivity (Wildman–Crippen MR) is 77.2 cm³/mol. The van der Waals surface area contributed by atoms with E-state index in [0.717, 1.165) is 0 Å². The van der Waals surface area contributed by atoms with E-state index in [2.05, 4.69) is 14.8 Å². The largest absolute Gasteiger partial charge is 0.477 e. The number of rotatable bonds is 4. The standard InChI is InChI=1S/C13H10N4O4S/c18-13(19)10-11(15-17-8-4-7-14-12(10)17)16-22(20,21)9-5-2-1-3-6-9/h1-8H,(H,15,16)(H,18,19). The molecule has 0 unspecified atom stereocenters. The maximum absolute atomic E-state index is 12.3. The van der Waals surface area contributed by atoms with Gasteiger partial charge in [0.15, 0.2) is 11.5 Å². The molecule has 0 bridgehead atoms. The van der Waals surface area contributed by atoms with Gasteiger partial charge in [0.1, 0.15) is 5.56 Å². The molecule has 112 valence electrons. The number of nitrogens with zero attached hydrogens (tertiary/aromatic N) is 3. The molecule has 0 spiro atoms. The number of aromatic nitrogens is 3. The summed E-state index contributed by atoms with van der Waals surface area (Å²) in [6.07, 6.45) is 2.88. The summed E-state index contributed by atoms with van der Waals surface area (Å²) < 4.78 is 28.0. The van der Waals surface area contributed by atoms with Gasteiger partial charge in [-0.2, -0.15) is 0 Å². The number of hydrogen-bond acceptors (Lipinski definition) is 5. The van der Waals surface area contributed by atoms with Crippen LogP contribution in [0.2, 0.25) is 0 Å². The Morgan fingerprint density at radius 1 is 1.18 bits per heavy atom. The van der Waals surface area contributed by atoms with Gasteiger partial charge in [0.25, 0.3) is 10.0 Å². The summed E-state index contributed by atoms with van der Waals surface area (Å²) in [5, 5.41) is 13.2.